The highest BCUT2D eigenvalue weighted by Crippen LogP contribution is 2.34. The van der Waals surface area contributed by atoms with Gasteiger partial charge in [-0.25, -0.2) is 8.42 Å². The molecule has 0 amide bonds. The van der Waals surface area contributed by atoms with Crippen LogP contribution in [0.1, 0.15) is 10.4 Å². The summed E-state index contributed by atoms with van der Waals surface area (Å²) < 4.78 is 25.1. The van der Waals surface area contributed by atoms with Gasteiger partial charge in [0.05, 0.1) is 15.6 Å². The fourth-order valence-corrected chi connectivity index (χ4v) is 5.42. The number of rotatable bonds is 5. The van der Waals surface area contributed by atoms with E-state index in [0.717, 1.165) is 20.9 Å². The Morgan fingerprint density at radius 3 is 2.28 bits per heavy atom. The van der Waals surface area contributed by atoms with E-state index in [0.29, 0.717) is 4.90 Å². The lowest BCUT2D eigenvalue weighted by atomic mass is 10.1. The molecule has 0 unspecified atom stereocenters. The Hall–Kier alpha value is -2.51. The first-order valence-electron chi connectivity index (χ1n) is 7.49. The molecule has 0 spiro atoms. The highest BCUT2D eigenvalue weighted by Gasteiger charge is 2.19. The van der Waals surface area contributed by atoms with Gasteiger partial charge in [0.25, 0.3) is 5.69 Å². The fourth-order valence-electron chi connectivity index (χ4n) is 2.44. The molecule has 0 saturated heterocycles. The first-order chi connectivity index (χ1) is 11.9. The maximum absolute atomic E-state index is 12.6. The van der Waals surface area contributed by atoms with E-state index < -0.39 is 14.8 Å². The van der Waals surface area contributed by atoms with Gasteiger partial charge < -0.3 is 0 Å². The lowest BCUT2D eigenvalue weighted by Crippen LogP contribution is -2.04. The van der Waals surface area contributed by atoms with Crippen LogP contribution >= 0.6 is 11.3 Å². The SMILES string of the molecule is Cc1cc(-c2ccc([N+](=O)[O-])cc2)sc1CS(=O)(=O)c1ccccc1. The molecular formula is C18H15NO4S2. The number of nitro groups is 1. The van der Waals surface area contributed by atoms with Crippen molar-refractivity contribution in [1.82, 2.24) is 0 Å². The highest BCUT2D eigenvalue weighted by atomic mass is 32.2. The monoisotopic (exact) mass is 373 g/mol. The Kier molecular flexibility index (Phi) is 4.69. The summed E-state index contributed by atoms with van der Waals surface area (Å²) in [6, 6.07) is 16.6. The number of non-ortho nitro benzene ring substituents is 1. The molecule has 7 heteroatoms. The van der Waals surface area contributed by atoms with Crippen LogP contribution in [0.15, 0.2) is 65.6 Å². The second kappa shape index (κ2) is 6.78. The Balaban J connectivity index is 1.89. The second-order valence-corrected chi connectivity index (χ2v) is 8.72. The summed E-state index contributed by atoms with van der Waals surface area (Å²) in [4.78, 5) is 12.3. The van der Waals surface area contributed by atoms with E-state index in [4.69, 9.17) is 0 Å². The summed E-state index contributed by atoms with van der Waals surface area (Å²) in [5.74, 6) is -0.0551. The lowest BCUT2D eigenvalue weighted by molar-refractivity contribution is -0.384. The van der Waals surface area contributed by atoms with Crippen LogP contribution in [0.5, 0.6) is 0 Å². The van der Waals surface area contributed by atoms with Crippen LogP contribution in [0.3, 0.4) is 0 Å². The summed E-state index contributed by atoms with van der Waals surface area (Å²) in [6.45, 7) is 1.88. The third kappa shape index (κ3) is 3.78. The zero-order valence-electron chi connectivity index (χ0n) is 13.4. The molecule has 3 aromatic rings. The quantitative estimate of drug-likeness (QED) is 0.483. The van der Waals surface area contributed by atoms with Crippen LogP contribution in [-0.4, -0.2) is 13.3 Å². The van der Waals surface area contributed by atoms with Crippen molar-refractivity contribution >= 4 is 26.9 Å². The van der Waals surface area contributed by atoms with E-state index >= 15 is 0 Å². The predicted molar refractivity (Wildman–Crippen MR) is 98.5 cm³/mol. The molecule has 0 atom stereocenters. The Morgan fingerprint density at radius 2 is 1.68 bits per heavy atom. The van der Waals surface area contributed by atoms with Gasteiger partial charge >= 0.3 is 0 Å². The Morgan fingerprint density at radius 1 is 1.04 bits per heavy atom. The molecule has 3 rings (SSSR count). The molecule has 0 aliphatic heterocycles. The molecule has 0 fully saturated rings. The third-order valence-corrected chi connectivity index (χ3v) is 6.93. The largest absolute Gasteiger partial charge is 0.269 e. The number of hydrogen-bond acceptors (Lipinski definition) is 5. The first-order valence-corrected chi connectivity index (χ1v) is 9.95. The average molecular weight is 373 g/mol. The number of nitro benzene ring substituents is 1. The van der Waals surface area contributed by atoms with Crippen molar-refractivity contribution in [2.75, 3.05) is 0 Å². The Labute approximate surface area is 149 Å². The standard InChI is InChI=1S/C18H15NO4S2/c1-13-11-17(14-7-9-15(10-8-14)19(20)21)24-18(13)12-25(22,23)16-5-3-2-4-6-16/h2-11H,12H2,1H3. The number of hydrogen-bond donors (Lipinski definition) is 0. The summed E-state index contributed by atoms with van der Waals surface area (Å²) in [5.41, 5.74) is 1.77. The van der Waals surface area contributed by atoms with Gasteiger partial charge in [-0.15, -0.1) is 11.3 Å². The predicted octanol–water partition coefficient (Wildman–Crippen LogP) is 4.61. The van der Waals surface area contributed by atoms with Gasteiger partial charge in [-0.1, -0.05) is 18.2 Å². The minimum absolute atomic E-state index is 0.0314. The van der Waals surface area contributed by atoms with Gasteiger partial charge in [-0.3, -0.25) is 10.1 Å². The van der Waals surface area contributed by atoms with Gasteiger partial charge in [0.15, 0.2) is 9.84 Å². The van der Waals surface area contributed by atoms with E-state index in [1.807, 2.05) is 13.0 Å². The minimum atomic E-state index is -3.40. The van der Waals surface area contributed by atoms with Gasteiger partial charge in [-0.05, 0) is 48.4 Å². The molecule has 25 heavy (non-hydrogen) atoms. The van der Waals surface area contributed by atoms with Crippen LogP contribution in [0.25, 0.3) is 10.4 Å². The topological polar surface area (TPSA) is 77.3 Å². The number of thiophene rings is 1. The molecule has 0 aliphatic carbocycles. The average Bonchev–Trinajstić information content (AvgIpc) is 2.96. The first kappa shape index (κ1) is 17.3. The zero-order chi connectivity index (χ0) is 18.0. The number of aryl methyl sites for hydroxylation is 1. The van der Waals surface area contributed by atoms with Gasteiger partial charge in [0.1, 0.15) is 0 Å². The van der Waals surface area contributed by atoms with Crippen LogP contribution in [-0.2, 0) is 15.6 Å². The summed E-state index contributed by atoms with van der Waals surface area (Å²) in [7, 11) is -3.40. The molecule has 1 heterocycles. The molecule has 5 nitrogen and oxygen atoms in total. The normalized spacial score (nSPS) is 11.4. The fraction of sp³-hybridized carbons (Fsp3) is 0.111. The molecule has 0 saturated carbocycles. The van der Waals surface area contributed by atoms with Crippen LogP contribution in [0, 0.1) is 17.0 Å². The van der Waals surface area contributed by atoms with Crippen molar-refractivity contribution in [2.45, 2.75) is 17.6 Å². The molecule has 0 bridgehead atoms. The van der Waals surface area contributed by atoms with E-state index in [-0.39, 0.29) is 11.4 Å². The third-order valence-electron chi connectivity index (χ3n) is 3.81. The molecule has 1 aromatic heterocycles. The maximum atomic E-state index is 12.6. The van der Waals surface area contributed by atoms with Crippen molar-refractivity contribution in [1.29, 1.82) is 0 Å². The van der Waals surface area contributed by atoms with Crippen molar-refractivity contribution in [3.8, 4) is 10.4 Å². The molecule has 0 radical (unpaired) electrons. The number of sulfone groups is 1. The number of benzene rings is 2. The van der Waals surface area contributed by atoms with Crippen LogP contribution < -0.4 is 0 Å². The summed E-state index contributed by atoms with van der Waals surface area (Å²) in [6.07, 6.45) is 0. The van der Waals surface area contributed by atoms with E-state index in [1.165, 1.54) is 23.5 Å². The van der Waals surface area contributed by atoms with Crippen molar-refractivity contribution in [3.63, 3.8) is 0 Å². The van der Waals surface area contributed by atoms with E-state index in [2.05, 4.69) is 0 Å². The lowest BCUT2D eigenvalue weighted by Gasteiger charge is -2.03. The van der Waals surface area contributed by atoms with Crippen LogP contribution in [0.4, 0.5) is 5.69 Å². The number of nitrogens with zero attached hydrogens (tertiary/aromatic N) is 1. The van der Waals surface area contributed by atoms with Crippen molar-refractivity contribution in [2.24, 2.45) is 0 Å². The molecule has 128 valence electrons. The highest BCUT2D eigenvalue weighted by molar-refractivity contribution is 7.90. The van der Waals surface area contributed by atoms with E-state index in [1.54, 1.807) is 42.5 Å². The second-order valence-electron chi connectivity index (χ2n) is 5.59. The zero-order valence-corrected chi connectivity index (χ0v) is 15.0. The van der Waals surface area contributed by atoms with Gasteiger partial charge in [0.2, 0.25) is 0 Å². The van der Waals surface area contributed by atoms with Crippen molar-refractivity contribution in [3.05, 3.63) is 81.2 Å². The van der Waals surface area contributed by atoms with Gasteiger partial charge in [0, 0.05) is 21.9 Å². The van der Waals surface area contributed by atoms with Gasteiger partial charge in [-0.2, -0.15) is 0 Å². The van der Waals surface area contributed by atoms with Crippen molar-refractivity contribution < 1.29 is 13.3 Å². The summed E-state index contributed by atoms with van der Waals surface area (Å²) >= 11 is 1.40. The maximum Gasteiger partial charge on any atom is 0.269 e. The minimum Gasteiger partial charge on any atom is -0.258 e. The summed E-state index contributed by atoms with van der Waals surface area (Å²) in [5, 5.41) is 10.7. The van der Waals surface area contributed by atoms with E-state index in [9.17, 15) is 18.5 Å². The van der Waals surface area contributed by atoms with Crippen LogP contribution in [0.2, 0.25) is 0 Å². The Bertz CT molecular complexity index is 1010. The molecular weight excluding hydrogens is 358 g/mol. The molecule has 2 aromatic carbocycles. The molecule has 0 aliphatic rings. The molecule has 0 N–H and O–H groups in total. The smallest absolute Gasteiger partial charge is 0.258 e.